The van der Waals surface area contributed by atoms with E-state index < -0.39 is 0 Å². The van der Waals surface area contributed by atoms with Gasteiger partial charge in [-0.25, -0.2) is 0 Å². The third-order valence-electron chi connectivity index (χ3n) is 3.81. The summed E-state index contributed by atoms with van der Waals surface area (Å²) >= 11 is 9.95. The Kier molecular flexibility index (Phi) is 5.31. The standard InChI is InChI=1S/C17H20BrClN2/c1-11(20)13-8-9-17(15(18)10-13)21(3)12(2)14-6-4-5-7-16(14)19/h4-12H,20H2,1-3H3. The first-order valence-electron chi connectivity index (χ1n) is 6.94. The number of anilines is 1. The molecule has 2 unspecified atom stereocenters. The van der Waals surface area contributed by atoms with Crippen LogP contribution in [0.1, 0.15) is 37.1 Å². The van der Waals surface area contributed by atoms with Crippen LogP contribution in [-0.4, -0.2) is 7.05 Å². The fourth-order valence-corrected chi connectivity index (χ4v) is 3.29. The molecule has 4 heteroatoms. The van der Waals surface area contributed by atoms with Crippen LogP contribution in [0, 0.1) is 0 Å². The molecule has 2 aromatic rings. The summed E-state index contributed by atoms with van der Waals surface area (Å²) in [5.74, 6) is 0. The van der Waals surface area contributed by atoms with Gasteiger partial charge in [0.05, 0.1) is 11.7 Å². The number of nitrogens with zero attached hydrogens (tertiary/aromatic N) is 1. The molecule has 0 aliphatic heterocycles. The lowest BCUT2D eigenvalue weighted by Gasteiger charge is -2.29. The summed E-state index contributed by atoms with van der Waals surface area (Å²) in [6, 6.07) is 14.4. The first kappa shape index (κ1) is 16.3. The van der Waals surface area contributed by atoms with Gasteiger partial charge in [-0.05, 0) is 59.1 Å². The molecule has 0 aromatic heterocycles. The summed E-state index contributed by atoms with van der Waals surface area (Å²) in [6.07, 6.45) is 0. The zero-order valence-electron chi connectivity index (χ0n) is 12.5. The van der Waals surface area contributed by atoms with E-state index in [2.05, 4.69) is 59.1 Å². The van der Waals surface area contributed by atoms with E-state index in [1.807, 2.05) is 25.1 Å². The highest BCUT2D eigenvalue weighted by atomic mass is 79.9. The molecule has 0 aliphatic rings. The van der Waals surface area contributed by atoms with Crippen molar-refractivity contribution in [3.63, 3.8) is 0 Å². The molecule has 0 bridgehead atoms. The summed E-state index contributed by atoms with van der Waals surface area (Å²) in [5.41, 5.74) is 9.28. The topological polar surface area (TPSA) is 29.3 Å². The summed E-state index contributed by atoms with van der Waals surface area (Å²) < 4.78 is 1.04. The number of benzene rings is 2. The van der Waals surface area contributed by atoms with Crippen LogP contribution in [0.2, 0.25) is 5.02 Å². The second-order valence-electron chi connectivity index (χ2n) is 5.31. The van der Waals surface area contributed by atoms with Crippen molar-refractivity contribution in [3.05, 3.63) is 63.1 Å². The van der Waals surface area contributed by atoms with Crippen LogP contribution in [-0.2, 0) is 0 Å². The molecule has 0 amide bonds. The van der Waals surface area contributed by atoms with Crippen LogP contribution >= 0.6 is 27.5 Å². The SMILES string of the molecule is CC(N)c1ccc(N(C)C(C)c2ccccc2Cl)c(Br)c1. The number of hydrogen-bond donors (Lipinski definition) is 1. The maximum absolute atomic E-state index is 6.30. The molecule has 0 aliphatic carbocycles. The van der Waals surface area contributed by atoms with Gasteiger partial charge in [0.15, 0.2) is 0 Å². The molecule has 2 rings (SSSR count). The van der Waals surface area contributed by atoms with Crippen LogP contribution in [0.25, 0.3) is 0 Å². The number of halogens is 2. The Balaban J connectivity index is 2.32. The Morgan fingerprint density at radius 2 is 1.81 bits per heavy atom. The van der Waals surface area contributed by atoms with Gasteiger partial charge >= 0.3 is 0 Å². The minimum atomic E-state index is 0.0293. The second kappa shape index (κ2) is 6.82. The van der Waals surface area contributed by atoms with Gasteiger partial charge in [-0.2, -0.15) is 0 Å². The van der Waals surface area contributed by atoms with Crippen LogP contribution in [0.15, 0.2) is 46.9 Å². The van der Waals surface area contributed by atoms with Crippen molar-refractivity contribution < 1.29 is 0 Å². The van der Waals surface area contributed by atoms with Gasteiger partial charge in [-0.15, -0.1) is 0 Å². The van der Waals surface area contributed by atoms with Gasteiger partial charge in [0.2, 0.25) is 0 Å². The van der Waals surface area contributed by atoms with Gasteiger partial charge in [0.25, 0.3) is 0 Å². The lowest BCUT2D eigenvalue weighted by molar-refractivity contribution is 0.737. The molecule has 2 nitrogen and oxygen atoms in total. The lowest BCUT2D eigenvalue weighted by Crippen LogP contribution is -2.22. The number of hydrogen-bond acceptors (Lipinski definition) is 2. The van der Waals surface area contributed by atoms with Gasteiger partial charge in [0, 0.05) is 22.6 Å². The Morgan fingerprint density at radius 1 is 1.14 bits per heavy atom. The number of nitrogens with two attached hydrogens (primary N) is 1. The summed E-state index contributed by atoms with van der Waals surface area (Å²) in [4.78, 5) is 2.20. The molecule has 2 aromatic carbocycles. The van der Waals surface area contributed by atoms with Crippen molar-refractivity contribution in [2.45, 2.75) is 25.9 Å². The maximum Gasteiger partial charge on any atom is 0.0526 e. The molecular weight excluding hydrogens is 348 g/mol. The van der Waals surface area contributed by atoms with Gasteiger partial charge in [-0.1, -0.05) is 35.9 Å². The van der Waals surface area contributed by atoms with E-state index >= 15 is 0 Å². The van der Waals surface area contributed by atoms with Crippen LogP contribution in [0.5, 0.6) is 0 Å². The first-order valence-corrected chi connectivity index (χ1v) is 8.11. The predicted octanol–water partition coefficient (Wildman–Crippen LogP) is 5.32. The van der Waals surface area contributed by atoms with Crippen molar-refractivity contribution in [2.24, 2.45) is 5.73 Å². The van der Waals surface area contributed by atoms with Crippen molar-refractivity contribution in [3.8, 4) is 0 Å². The van der Waals surface area contributed by atoms with E-state index in [-0.39, 0.29) is 12.1 Å². The highest BCUT2D eigenvalue weighted by Gasteiger charge is 2.17. The molecule has 2 atom stereocenters. The molecule has 0 fully saturated rings. The minimum Gasteiger partial charge on any atom is -0.367 e. The zero-order valence-corrected chi connectivity index (χ0v) is 14.8. The van der Waals surface area contributed by atoms with E-state index in [0.717, 1.165) is 26.3 Å². The predicted molar refractivity (Wildman–Crippen MR) is 95.0 cm³/mol. The van der Waals surface area contributed by atoms with Crippen molar-refractivity contribution in [1.82, 2.24) is 0 Å². The second-order valence-corrected chi connectivity index (χ2v) is 6.57. The van der Waals surface area contributed by atoms with E-state index in [4.69, 9.17) is 17.3 Å². The Hall–Kier alpha value is -1.03. The van der Waals surface area contributed by atoms with Gasteiger partial charge in [0.1, 0.15) is 0 Å². The monoisotopic (exact) mass is 366 g/mol. The van der Waals surface area contributed by atoms with Crippen molar-refractivity contribution in [1.29, 1.82) is 0 Å². The normalized spacial score (nSPS) is 13.8. The van der Waals surface area contributed by atoms with Crippen LogP contribution in [0.3, 0.4) is 0 Å². The smallest absolute Gasteiger partial charge is 0.0526 e. The minimum absolute atomic E-state index is 0.0293. The molecule has 0 heterocycles. The summed E-state index contributed by atoms with van der Waals surface area (Å²) in [7, 11) is 2.07. The van der Waals surface area contributed by atoms with E-state index in [1.54, 1.807) is 0 Å². The van der Waals surface area contributed by atoms with E-state index in [1.165, 1.54) is 0 Å². The van der Waals surface area contributed by atoms with Gasteiger partial charge < -0.3 is 10.6 Å². The van der Waals surface area contributed by atoms with Crippen LogP contribution < -0.4 is 10.6 Å². The molecule has 0 spiro atoms. The molecule has 21 heavy (non-hydrogen) atoms. The first-order chi connectivity index (χ1) is 9.91. The highest BCUT2D eigenvalue weighted by molar-refractivity contribution is 9.10. The van der Waals surface area contributed by atoms with Gasteiger partial charge in [-0.3, -0.25) is 0 Å². The Bertz CT molecular complexity index is 628. The zero-order chi connectivity index (χ0) is 15.6. The Labute approximate surface area is 140 Å². The van der Waals surface area contributed by atoms with Crippen molar-refractivity contribution in [2.75, 3.05) is 11.9 Å². The highest BCUT2D eigenvalue weighted by Crippen LogP contribution is 2.35. The third-order valence-corrected chi connectivity index (χ3v) is 4.79. The Morgan fingerprint density at radius 3 is 2.38 bits per heavy atom. The molecule has 0 radical (unpaired) electrons. The molecular formula is C17H20BrClN2. The summed E-state index contributed by atoms with van der Waals surface area (Å²) in [5, 5.41) is 0.792. The summed E-state index contributed by atoms with van der Waals surface area (Å²) in [6.45, 7) is 4.13. The average molecular weight is 368 g/mol. The van der Waals surface area contributed by atoms with E-state index in [0.29, 0.717) is 0 Å². The molecule has 0 saturated heterocycles. The quantitative estimate of drug-likeness (QED) is 0.792. The molecule has 112 valence electrons. The third kappa shape index (κ3) is 3.60. The average Bonchev–Trinajstić information content (AvgIpc) is 2.46. The van der Waals surface area contributed by atoms with Crippen LogP contribution in [0.4, 0.5) is 5.69 Å². The van der Waals surface area contributed by atoms with Crippen molar-refractivity contribution >= 4 is 33.2 Å². The molecule has 2 N–H and O–H groups in total. The van der Waals surface area contributed by atoms with E-state index in [9.17, 15) is 0 Å². The largest absolute Gasteiger partial charge is 0.367 e. The fraction of sp³-hybridized carbons (Fsp3) is 0.294. The number of rotatable bonds is 4. The maximum atomic E-state index is 6.30. The lowest BCUT2D eigenvalue weighted by atomic mass is 10.1. The molecule has 0 saturated carbocycles. The fourth-order valence-electron chi connectivity index (χ4n) is 2.32.